The molecule has 2 aromatic rings. The summed E-state index contributed by atoms with van der Waals surface area (Å²) in [7, 11) is 0. The number of likely N-dealkylation sites (N-methyl/N-ethyl adjacent to an activating group) is 1. The Balaban J connectivity index is 1.81. The fourth-order valence-electron chi connectivity index (χ4n) is 4.86. The molecule has 4 rings (SSSR count). The number of imide groups is 2. The fraction of sp³-hybridized carbons (Fsp3) is 0.296. The number of rotatable bonds is 4. The van der Waals surface area contributed by atoms with Crippen molar-refractivity contribution in [3.8, 4) is 0 Å². The first kappa shape index (κ1) is 23.4. The number of barbiturate groups is 1. The minimum absolute atomic E-state index is 0.110. The van der Waals surface area contributed by atoms with Gasteiger partial charge in [0.2, 0.25) is 0 Å². The zero-order valence-electron chi connectivity index (χ0n) is 20.0. The van der Waals surface area contributed by atoms with Gasteiger partial charge in [0.1, 0.15) is 11.4 Å². The summed E-state index contributed by atoms with van der Waals surface area (Å²) < 4.78 is 15.3. The molecule has 1 fully saturated rings. The smallest absolute Gasteiger partial charge is 0.335 e. The summed E-state index contributed by atoms with van der Waals surface area (Å²) in [5.74, 6) is -2.18. The van der Waals surface area contributed by atoms with Gasteiger partial charge in [0.25, 0.3) is 11.8 Å². The summed E-state index contributed by atoms with van der Waals surface area (Å²) in [5.41, 5.74) is 3.30. The highest BCUT2D eigenvalue weighted by Crippen LogP contribution is 2.40. The number of nitrogens with zero attached hydrogens (tertiary/aromatic N) is 2. The molecule has 0 aliphatic carbocycles. The molecule has 2 aliphatic rings. The number of urea groups is 1. The van der Waals surface area contributed by atoms with E-state index in [-0.39, 0.29) is 16.7 Å². The van der Waals surface area contributed by atoms with E-state index < -0.39 is 23.7 Å². The molecule has 34 heavy (non-hydrogen) atoms. The van der Waals surface area contributed by atoms with E-state index in [9.17, 15) is 14.4 Å². The van der Waals surface area contributed by atoms with Crippen molar-refractivity contribution in [1.29, 1.82) is 0 Å². The van der Waals surface area contributed by atoms with Gasteiger partial charge in [-0.25, -0.2) is 14.1 Å². The second-order valence-corrected chi connectivity index (χ2v) is 9.06. The average molecular weight is 462 g/mol. The van der Waals surface area contributed by atoms with Crippen molar-refractivity contribution in [2.45, 2.75) is 46.6 Å². The van der Waals surface area contributed by atoms with Gasteiger partial charge in [-0.2, -0.15) is 0 Å². The quantitative estimate of drug-likeness (QED) is 0.510. The van der Waals surface area contributed by atoms with Crippen molar-refractivity contribution in [3.05, 3.63) is 70.6 Å². The average Bonchev–Trinajstić information content (AvgIpc) is 2.77. The molecular weight excluding hydrogens is 433 g/mol. The van der Waals surface area contributed by atoms with Crippen LogP contribution in [0.15, 0.2) is 48.0 Å². The maximum absolute atomic E-state index is 15.3. The number of hydrogen-bond donors (Lipinski definition) is 1. The minimum atomic E-state index is -0.846. The third kappa shape index (κ3) is 3.81. The summed E-state index contributed by atoms with van der Waals surface area (Å²) in [6.45, 7) is 10.7. The van der Waals surface area contributed by atoms with Gasteiger partial charge >= 0.3 is 6.03 Å². The van der Waals surface area contributed by atoms with Crippen LogP contribution in [0.5, 0.6) is 0 Å². The molecule has 2 aromatic carbocycles. The number of aryl methyl sites for hydroxylation is 1. The molecule has 0 bridgehead atoms. The lowest BCUT2D eigenvalue weighted by atomic mass is 9.87. The Morgan fingerprint density at radius 3 is 2.44 bits per heavy atom. The molecule has 1 N–H and O–H groups in total. The van der Waals surface area contributed by atoms with E-state index in [1.165, 1.54) is 12.1 Å². The lowest BCUT2D eigenvalue weighted by Gasteiger charge is -2.43. The summed E-state index contributed by atoms with van der Waals surface area (Å²) in [6, 6.07) is 9.28. The van der Waals surface area contributed by atoms with Gasteiger partial charge in [-0.15, -0.1) is 0 Å². The van der Waals surface area contributed by atoms with Crippen molar-refractivity contribution in [2.24, 2.45) is 0 Å². The normalized spacial score (nSPS) is 18.7. The molecule has 0 atom stereocenters. The number of halogens is 1. The molecule has 1 saturated heterocycles. The van der Waals surface area contributed by atoms with Crippen LogP contribution in [0.2, 0.25) is 0 Å². The molecule has 176 valence electrons. The standard InChI is InChI=1S/C27H28FN3O3/c1-6-17-10-8-9-11-22(17)31-25(33)20(24(32)29-26(31)34)13-18-12-19-16(3)15-27(4,5)30(7-2)23(19)14-21(18)28/h8-15H,6-7H2,1-5H3,(H,29,32,34)/b20-13-. The Labute approximate surface area is 198 Å². The highest BCUT2D eigenvalue weighted by molar-refractivity contribution is 6.39. The van der Waals surface area contributed by atoms with Crippen LogP contribution in [0.25, 0.3) is 11.6 Å². The van der Waals surface area contributed by atoms with E-state index in [0.29, 0.717) is 18.7 Å². The number of carbonyl (C=O) groups excluding carboxylic acids is 3. The van der Waals surface area contributed by atoms with Gasteiger partial charge < -0.3 is 4.90 Å². The van der Waals surface area contributed by atoms with Crippen molar-refractivity contribution in [2.75, 3.05) is 16.3 Å². The largest absolute Gasteiger partial charge is 0.363 e. The van der Waals surface area contributed by atoms with Crippen LogP contribution in [-0.4, -0.2) is 29.9 Å². The lowest BCUT2D eigenvalue weighted by molar-refractivity contribution is -0.122. The van der Waals surface area contributed by atoms with E-state index >= 15 is 4.39 Å². The molecule has 0 radical (unpaired) electrons. The van der Waals surface area contributed by atoms with Crippen LogP contribution < -0.4 is 15.1 Å². The Morgan fingerprint density at radius 2 is 1.76 bits per heavy atom. The molecular formula is C27H28FN3O3. The summed E-state index contributed by atoms with van der Waals surface area (Å²) in [6.07, 6.45) is 3.94. The first-order valence-corrected chi connectivity index (χ1v) is 11.4. The number of benzene rings is 2. The SMILES string of the molecule is CCc1ccccc1N1C(=O)NC(=O)/C(=C/c2cc3c(cc2F)N(CC)C(C)(C)C=C3C)C1=O. The first-order chi connectivity index (χ1) is 16.1. The molecule has 4 amide bonds. The van der Waals surface area contributed by atoms with E-state index in [1.807, 2.05) is 32.9 Å². The number of carbonyl (C=O) groups is 3. The van der Waals surface area contributed by atoms with E-state index in [1.54, 1.807) is 18.2 Å². The van der Waals surface area contributed by atoms with Crippen LogP contribution >= 0.6 is 0 Å². The number of amides is 4. The van der Waals surface area contributed by atoms with Crippen LogP contribution in [0.3, 0.4) is 0 Å². The van der Waals surface area contributed by atoms with Crippen molar-refractivity contribution < 1.29 is 18.8 Å². The second-order valence-electron chi connectivity index (χ2n) is 9.06. The minimum Gasteiger partial charge on any atom is -0.363 e. The van der Waals surface area contributed by atoms with Gasteiger partial charge in [0.15, 0.2) is 0 Å². The maximum Gasteiger partial charge on any atom is 0.335 e. The van der Waals surface area contributed by atoms with Gasteiger partial charge in [-0.3, -0.25) is 14.9 Å². The lowest BCUT2D eigenvalue weighted by Crippen LogP contribution is -2.54. The molecule has 0 unspecified atom stereocenters. The van der Waals surface area contributed by atoms with E-state index in [4.69, 9.17) is 0 Å². The zero-order chi connectivity index (χ0) is 24.8. The molecule has 6 nitrogen and oxygen atoms in total. The fourth-order valence-corrected chi connectivity index (χ4v) is 4.86. The molecule has 0 saturated carbocycles. The summed E-state index contributed by atoms with van der Waals surface area (Å²) >= 11 is 0. The molecule has 0 spiro atoms. The Morgan fingerprint density at radius 1 is 1.06 bits per heavy atom. The van der Waals surface area contributed by atoms with Crippen molar-refractivity contribution >= 4 is 40.9 Å². The molecule has 2 heterocycles. The number of fused-ring (bicyclic) bond motifs is 1. The summed E-state index contributed by atoms with van der Waals surface area (Å²) in [5, 5.41) is 2.21. The Kier molecular flexibility index (Phi) is 5.89. The molecule has 2 aliphatic heterocycles. The Hall–Kier alpha value is -3.74. The zero-order valence-corrected chi connectivity index (χ0v) is 20.0. The van der Waals surface area contributed by atoms with Gasteiger partial charge in [0, 0.05) is 23.4 Å². The van der Waals surface area contributed by atoms with Gasteiger partial charge in [0.05, 0.1) is 11.2 Å². The van der Waals surface area contributed by atoms with Crippen LogP contribution in [-0.2, 0) is 16.0 Å². The number of nitrogens with one attached hydrogen (secondary N) is 1. The highest BCUT2D eigenvalue weighted by Gasteiger charge is 2.38. The molecule has 0 aromatic heterocycles. The van der Waals surface area contributed by atoms with Gasteiger partial charge in [-0.05, 0) is 69.5 Å². The number of hydrogen-bond acceptors (Lipinski definition) is 4. The van der Waals surface area contributed by atoms with Gasteiger partial charge in [-0.1, -0.05) is 31.2 Å². The topological polar surface area (TPSA) is 69.7 Å². The van der Waals surface area contributed by atoms with Crippen LogP contribution in [0.1, 0.15) is 51.3 Å². The molecule has 7 heteroatoms. The second kappa shape index (κ2) is 8.56. The number of allylic oxidation sites excluding steroid dienone is 1. The first-order valence-electron chi connectivity index (χ1n) is 11.4. The van der Waals surface area contributed by atoms with E-state index in [2.05, 4.69) is 30.1 Å². The third-order valence-electron chi connectivity index (χ3n) is 6.43. The summed E-state index contributed by atoms with van der Waals surface area (Å²) in [4.78, 5) is 41.5. The monoisotopic (exact) mass is 461 g/mol. The highest BCUT2D eigenvalue weighted by atomic mass is 19.1. The number of anilines is 2. The van der Waals surface area contributed by atoms with Crippen molar-refractivity contribution in [1.82, 2.24) is 5.32 Å². The number of para-hydroxylation sites is 1. The van der Waals surface area contributed by atoms with Crippen LogP contribution in [0.4, 0.5) is 20.6 Å². The van der Waals surface area contributed by atoms with E-state index in [0.717, 1.165) is 27.3 Å². The third-order valence-corrected chi connectivity index (χ3v) is 6.43. The predicted molar refractivity (Wildman–Crippen MR) is 132 cm³/mol. The predicted octanol–water partition coefficient (Wildman–Crippen LogP) is 5.08. The Bertz CT molecular complexity index is 1280. The van der Waals surface area contributed by atoms with Crippen LogP contribution in [0, 0.1) is 5.82 Å². The van der Waals surface area contributed by atoms with Crippen molar-refractivity contribution in [3.63, 3.8) is 0 Å². The maximum atomic E-state index is 15.3.